The second-order valence-electron chi connectivity index (χ2n) is 7.05. The first-order valence-corrected chi connectivity index (χ1v) is 8.19. The molecule has 1 aliphatic rings. The van der Waals surface area contributed by atoms with Crippen molar-refractivity contribution in [3.63, 3.8) is 0 Å². The maximum absolute atomic E-state index is 4.65. The molecule has 0 spiro atoms. The average molecular weight is 299 g/mol. The van der Waals surface area contributed by atoms with E-state index in [0.717, 1.165) is 30.3 Å². The van der Waals surface area contributed by atoms with E-state index in [-0.39, 0.29) is 5.41 Å². The lowest BCUT2D eigenvalue weighted by Crippen LogP contribution is -2.17. The molecular weight excluding hydrogens is 274 g/mol. The fraction of sp³-hybridized carbons (Fsp3) is 0.588. The molecule has 1 N–H and O–H groups in total. The Hall–Kier alpha value is -1.91. The second kappa shape index (κ2) is 6.07. The van der Waals surface area contributed by atoms with Gasteiger partial charge in [-0.3, -0.25) is 0 Å². The third kappa shape index (κ3) is 3.29. The molecule has 2 aromatic heterocycles. The molecule has 0 aromatic carbocycles. The number of aromatic nitrogens is 4. The third-order valence-electron chi connectivity index (χ3n) is 4.07. The number of anilines is 1. The van der Waals surface area contributed by atoms with Crippen LogP contribution in [0.5, 0.6) is 0 Å². The minimum atomic E-state index is -0.0715. The highest BCUT2D eigenvalue weighted by Crippen LogP contribution is 2.22. The highest BCUT2D eigenvalue weighted by atomic mass is 15.4. The van der Waals surface area contributed by atoms with Gasteiger partial charge in [-0.25, -0.2) is 0 Å². The Balaban J connectivity index is 1.70. The Bertz CT molecular complexity index is 678. The van der Waals surface area contributed by atoms with Crippen molar-refractivity contribution in [2.24, 2.45) is 0 Å². The largest absolute Gasteiger partial charge is 0.368 e. The first-order valence-electron chi connectivity index (χ1n) is 8.19. The van der Waals surface area contributed by atoms with Crippen LogP contribution in [0.15, 0.2) is 23.8 Å². The maximum Gasteiger partial charge on any atom is 0.178 e. The molecule has 0 saturated carbocycles. The molecule has 0 saturated heterocycles. The van der Waals surface area contributed by atoms with Gasteiger partial charge in [-0.15, -0.1) is 15.3 Å². The molecule has 0 amide bonds. The molecule has 2 aromatic rings. The number of hydrogen-bond acceptors (Lipinski definition) is 4. The van der Waals surface area contributed by atoms with Crippen LogP contribution in [0.25, 0.3) is 5.65 Å². The lowest BCUT2D eigenvalue weighted by Gasteiger charge is -2.15. The molecular formula is C17H25N5. The van der Waals surface area contributed by atoms with E-state index in [9.17, 15) is 0 Å². The van der Waals surface area contributed by atoms with Crippen molar-refractivity contribution in [2.75, 3.05) is 11.9 Å². The first kappa shape index (κ1) is 15.0. The Morgan fingerprint density at radius 2 is 2.05 bits per heavy atom. The predicted octanol–water partition coefficient (Wildman–Crippen LogP) is 3.72. The lowest BCUT2D eigenvalue weighted by atomic mass is 9.96. The summed E-state index contributed by atoms with van der Waals surface area (Å²) in [7, 11) is 0. The van der Waals surface area contributed by atoms with Crippen molar-refractivity contribution in [3.05, 3.63) is 29.6 Å². The van der Waals surface area contributed by atoms with Crippen LogP contribution >= 0.6 is 0 Å². The van der Waals surface area contributed by atoms with Gasteiger partial charge in [0.05, 0.1) is 0 Å². The summed E-state index contributed by atoms with van der Waals surface area (Å²) in [6.45, 7) is 7.31. The van der Waals surface area contributed by atoms with Crippen molar-refractivity contribution in [1.29, 1.82) is 0 Å². The number of nitrogens with zero attached hydrogens (tertiary/aromatic N) is 4. The summed E-state index contributed by atoms with van der Waals surface area (Å²) in [6, 6.07) is 3.95. The summed E-state index contributed by atoms with van der Waals surface area (Å²) in [6.07, 6.45) is 8.69. The summed E-state index contributed by atoms with van der Waals surface area (Å²) in [4.78, 5) is 0. The standard InChI is InChI=1S/C17H25N5/c1-17(2,3)16-20-19-15-10-9-14(21-22(15)16)18-12-11-13-7-5-4-6-8-13/h7,9-10H,4-6,8,11-12H2,1-3H3,(H,18,21). The lowest BCUT2D eigenvalue weighted by molar-refractivity contribution is 0.527. The van der Waals surface area contributed by atoms with E-state index in [4.69, 9.17) is 0 Å². The van der Waals surface area contributed by atoms with E-state index in [0.29, 0.717) is 0 Å². The van der Waals surface area contributed by atoms with Gasteiger partial charge in [0.15, 0.2) is 11.5 Å². The molecule has 0 fully saturated rings. The Labute approximate surface area is 131 Å². The second-order valence-corrected chi connectivity index (χ2v) is 7.05. The summed E-state index contributed by atoms with van der Waals surface area (Å²) in [5.41, 5.74) is 2.31. The average Bonchev–Trinajstić information content (AvgIpc) is 2.91. The van der Waals surface area contributed by atoms with Gasteiger partial charge < -0.3 is 5.32 Å². The van der Waals surface area contributed by atoms with E-state index in [1.807, 2.05) is 16.6 Å². The minimum absolute atomic E-state index is 0.0715. The van der Waals surface area contributed by atoms with Crippen molar-refractivity contribution < 1.29 is 0 Å². The van der Waals surface area contributed by atoms with Gasteiger partial charge >= 0.3 is 0 Å². The molecule has 0 unspecified atom stereocenters. The predicted molar refractivity (Wildman–Crippen MR) is 89.1 cm³/mol. The minimum Gasteiger partial charge on any atom is -0.368 e. The highest BCUT2D eigenvalue weighted by Gasteiger charge is 2.21. The van der Waals surface area contributed by atoms with Crippen LogP contribution in [0.2, 0.25) is 0 Å². The SMILES string of the molecule is CC(C)(C)c1nnc2ccc(NCCC3=CCCCC3)nn12. The van der Waals surface area contributed by atoms with E-state index in [1.54, 1.807) is 5.57 Å². The summed E-state index contributed by atoms with van der Waals surface area (Å²) in [5.74, 6) is 1.77. The van der Waals surface area contributed by atoms with Gasteiger partial charge in [-0.05, 0) is 44.2 Å². The van der Waals surface area contributed by atoms with Crippen molar-refractivity contribution in [3.8, 4) is 0 Å². The molecule has 5 nitrogen and oxygen atoms in total. The molecule has 3 rings (SSSR count). The Kier molecular flexibility index (Phi) is 4.14. The molecule has 2 heterocycles. The quantitative estimate of drug-likeness (QED) is 0.874. The van der Waals surface area contributed by atoms with Crippen LogP contribution in [0.3, 0.4) is 0 Å². The zero-order valence-electron chi connectivity index (χ0n) is 13.8. The third-order valence-corrected chi connectivity index (χ3v) is 4.07. The highest BCUT2D eigenvalue weighted by molar-refractivity contribution is 5.44. The molecule has 5 heteroatoms. The van der Waals surface area contributed by atoms with Gasteiger partial charge in [-0.2, -0.15) is 4.52 Å². The number of allylic oxidation sites excluding steroid dienone is 1. The topological polar surface area (TPSA) is 55.1 Å². The van der Waals surface area contributed by atoms with Gasteiger partial charge in [0.1, 0.15) is 5.82 Å². The summed E-state index contributed by atoms with van der Waals surface area (Å²) < 4.78 is 1.85. The summed E-state index contributed by atoms with van der Waals surface area (Å²) >= 11 is 0. The van der Waals surface area contributed by atoms with Crippen molar-refractivity contribution in [2.45, 2.75) is 58.3 Å². The number of fused-ring (bicyclic) bond motifs is 1. The Morgan fingerprint density at radius 1 is 1.18 bits per heavy atom. The molecule has 22 heavy (non-hydrogen) atoms. The fourth-order valence-electron chi connectivity index (χ4n) is 2.83. The Morgan fingerprint density at radius 3 is 2.77 bits per heavy atom. The smallest absolute Gasteiger partial charge is 0.178 e. The fourth-order valence-corrected chi connectivity index (χ4v) is 2.83. The van der Waals surface area contributed by atoms with E-state index in [1.165, 1.54) is 25.7 Å². The van der Waals surface area contributed by atoms with Gasteiger partial charge in [0.25, 0.3) is 0 Å². The maximum atomic E-state index is 4.65. The van der Waals surface area contributed by atoms with Crippen molar-refractivity contribution >= 4 is 11.5 Å². The molecule has 118 valence electrons. The van der Waals surface area contributed by atoms with Gasteiger partial charge in [-0.1, -0.05) is 32.4 Å². The molecule has 0 aliphatic heterocycles. The zero-order chi connectivity index (χ0) is 15.6. The van der Waals surface area contributed by atoms with E-state index >= 15 is 0 Å². The van der Waals surface area contributed by atoms with Crippen LogP contribution in [0, 0.1) is 0 Å². The van der Waals surface area contributed by atoms with E-state index < -0.39 is 0 Å². The number of hydrogen-bond donors (Lipinski definition) is 1. The normalized spacial score (nSPS) is 15.9. The van der Waals surface area contributed by atoms with Gasteiger partial charge in [0, 0.05) is 12.0 Å². The van der Waals surface area contributed by atoms with Crippen molar-refractivity contribution in [1.82, 2.24) is 19.8 Å². The van der Waals surface area contributed by atoms with Crippen LogP contribution < -0.4 is 5.32 Å². The zero-order valence-corrected chi connectivity index (χ0v) is 13.8. The molecule has 0 atom stereocenters. The number of nitrogens with one attached hydrogen (secondary N) is 1. The first-order chi connectivity index (χ1) is 10.5. The van der Waals surface area contributed by atoms with Gasteiger partial charge in [0.2, 0.25) is 0 Å². The van der Waals surface area contributed by atoms with Crippen LogP contribution in [-0.2, 0) is 5.41 Å². The van der Waals surface area contributed by atoms with Crippen LogP contribution in [0.4, 0.5) is 5.82 Å². The summed E-state index contributed by atoms with van der Waals surface area (Å²) in [5, 5.41) is 16.5. The molecule has 0 bridgehead atoms. The molecule has 1 aliphatic carbocycles. The monoisotopic (exact) mass is 299 g/mol. The van der Waals surface area contributed by atoms with Crippen LogP contribution in [-0.4, -0.2) is 26.4 Å². The molecule has 0 radical (unpaired) electrons. The van der Waals surface area contributed by atoms with E-state index in [2.05, 4.69) is 47.5 Å². The van der Waals surface area contributed by atoms with Crippen LogP contribution in [0.1, 0.15) is 58.7 Å². The number of rotatable bonds is 4.